The van der Waals surface area contributed by atoms with Crippen LogP contribution in [0.1, 0.15) is 11.5 Å². The summed E-state index contributed by atoms with van der Waals surface area (Å²) < 4.78 is 5.35. The third kappa shape index (κ3) is 2.26. The van der Waals surface area contributed by atoms with Crippen LogP contribution in [0.3, 0.4) is 0 Å². The molecular weight excluding hydrogens is 188 g/mol. The van der Waals surface area contributed by atoms with E-state index in [1.54, 1.807) is 6.21 Å². The highest BCUT2D eigenvalue weighted by molar-refractivity contribution is 5.80. The summed E-state index contributed by atoms with van der Waals surface area (Å²) in [6.45, 7) is 1.90. The van der Waals surface area contributed by atoms with Crippen LogP contribution in [0.15, 0.2) is 45.8 Å². The van der Waals surface area contributed by atoms with Gasteiger partial charge < -0.3 is 10.2 Å². The Morgan fingerprint density at radius 3 is 2.67 bits per heavy atom. The minimum absolute atomic E-state index is 0.664. The lowest BCUT2D eigenvalue weighted by Crippen LogP contribution is -1.84. The van der Waals surface area contributed by atoms with Gasteiger partial charge in [0.2, 0.25) is 0 Å². The van der Waals surface area contributed by atoms with E-state index < -0.39 is 0 Å². The number of para-hydroxylation sites is 2. The number of hydrogen-bond donors (Lipinski definition) is 1. The van der Waals surface area contributed by atoms with Gasteiger partial charge in [-0.1, -0.05) is 12.1 Å². The van der Waals surface area contributed by atoms with Gasteiger partial charge in [-0.05, 0) is 31.2 Å². The molecule has 0 saturated carbocycles. The second-order valence-corrected chi connectivity index (χ2v) is 3.27. The molecule has 0 bridgehead atoms. The molecule has 1 heterocycles. The third-order valence-corrected chi connectivity index (χ3v) is 2.03. The summed E-state index contributed by atoms with van der Waals surface area (Å²) in [6, 6.07) is 11.2. The molecule has 0 radical (unpaired) electrons. The normalized spacial score (nSPS) is 11.0. The number of rotatable bonds is 2. The maximum Gasteiger partial charge on any atom is 0.145 e. The SMILES string of the molecule is Cc1ccc(C=Nc2ccccc2N)o1. The largest absolute Gasteiger partial charge is 0.460 e. The molecule has 1 aromatic carbocycles. The molecule has 1 aromatic heterocycles. The summed E-state index contributed by atoms with van der Waals surface area (Å²) in [4.78, 5) is 4.25. The van der Waals surface area contributed by atoms with Crippen LogP contribution in [0.4, 0.5) is 11.4 Å². The van der Waals surface area contributed by atoms with Crippen molar-refractivity contribution in [1.29, 1.82) is 0 Å². The topological polar surface area (TPSA) is 51.5 Å². The molecule has 0 aliphatic heterocycles. The van der Waals surface area contributed by atoms with Crippen LogP contribution in [-0.2, 0) is 0 Å². The summed E-state index contributed by atoms with van der Waals surface area (Å²) in [7, 11) is 0. The first-order valence-electron chi connectivity index (χ1n) is 4.71. The Morgan fingerprint density at radius 1 is 1.20 bits per heavy atom. The van der Waals surface area contributed by atoms with E-state index in [-0.39, 0.29) is 0 Å². The molecule has 3 nitrogen and oxygen atoms in total. The van der Waals surface area contributed by atoms with Crippen molar-refractivity contribution in [2.75, 3.05) is 5.73 Å². The van der Waals surface area contributed by atoms with Gasteiger partial charge in [-0.3, -0.25) is 4.99 Å². The lowest BCUT2D eigenvalue weighted by atomic mass is 10.3. The Labute approximate surface area is 88.2 Å². The number of benzene rings is 1. The first kappa shape index (κ1) is 9.52. The standard InChI is InChI=1S/C12H12N2O/c1-9-6-7-10(15-9)8-14-12-5-3-2-4-11(12)13/h2-8H,13H2,1H3. The molecular formula is C12H12N2O. The number of hydrogen-bond acceptors (Lipinski definition) is 3. The van der Waals surface area contributed by atoms with E-state index in [1.165, 1.54) is 0 Å². The van der Waals surface area contributed by atoms with Crippen molar-refractivity contribution in [3.8, 4) is 0 Å². The first-order valence-corrected chi connectivity index (χ1v) is 4.71. The third-order valence-electron chi connectivity index (χ3n) is 2.03. The predicted octanol–water partition coefficient (Wildman–Crippen LogP) is 2.92. The highest BCUT2D eigenvalue weighted by atomic mass is 16.3. The highest BCUT2D eigenvalue weighted by Crippen LogP contribution is 2.20. The van der Waals surface area contributed by atoms with E-state index in [2.05, 4.69) is 4.99 Å². The number of aliphatic imine (C=N–C) groups is 1. The van der Waals surface area contributed by atoms with Crippen molar-refractivity contribution in [2.45, 2.75) is 6.92 Å². The Morgan fingerprint density at radius 2 is 2.00 bits per heavy atom. The Kier molecular flexibility index (Phi) is 2.54. The molecule has 15 heavy (non-hydrogen) atoms. The van der Waals surface area contributed by atoms with Gasteiger partial charge in [0, 0.05) is 0 Å². The number of anilines is 1. The minimum Gasteiger partial charge on any atom is -0.460 e. The Balaban J connectivity index is 2.22. The second kappa shape index (κ2) is 4.00. The molecule has 0 spiro atoms. The maximum absolute atomic E-state index is 5.75. The molecule has 0 atom stereocenters. The quantitative estimate of drug-likeness (QED) is 0.598. The summed E-state index contributed by atoms with van der Waals surface area (Å²) in [6.07, 6.45) is 1.67. The molecule has 2 rings (SSSR count). The van der Waals surface area contributed by atoms with Gasteiger partial charge in [0.1, 0.15) is 11.5 Å². The van der Waals surface area contributed by atoms with E-state index in [1.807, 2.05) is 43.3 Å². The van der Waals surface area contributed by atoms with Crippen molar-refractivity contribution >= 4 is 17.6 Å². The Hall–Kier alpha value is -2.03. The van der Waals surface area contributed by atoms with Gasteiger partial charge in [-0.25, -0.2) is 0 Å². The van der Waals surface area contributed by atoms with Gasteiger partial charge in [-0.15, -0.1) is 0 Å². The first-order chi connectivity index (χ1) is 7.25. The number of nitrogens with two attached hydrogens (primary N) is 1. The number of nitrogen functional groups attached to an aromatic ring is 1. The fourth-order valence-corrected chi connectivity index (χ4v) is 1.26. The van der Waals surface area contributed by atoms with Crippen LogP contribution in [0, 0.1) is 6.92 Å². The van der Waals surface area contributed by atoms with Crippen LogP contribution in [0.2, 0.25) is 0 Å². The summed E-state index contributed by atoms with van der Waals surface area (Å²) in [5.41, 5.74) is 7.17. The second-order valence-electron chi connectivity index (χ2n) is 3.27. The van der Waals surface area contributed by atoms with Gasteiger partial charge >= 0.3 is 0 Å². The molecule has 0 fully saturated rings. The number of aryl methyl sites for hydroxylation is 1. The van der Waals surface area contributed by atoms with Crippen LogP contribution in [0.5, 0.6) is 0 Å². The van der Waals surface area contributed by atoms with E-state index >= 15 is 0 Å². The summed E-state index contributed by atoms with van der Waals surface area (Å²) in [5.74, 6) is 1.60. The van der Waals surface area contributed by atoms with Crippen molar-refractivity contribution in [2.24, 2.45) is 4.99 Å². The smallest absolute Gasteiger partial charge is 0.145 e. The van der Waals surface area contributed by atoms with Gasteiger partial charge in [-0.2, -0.15) is 0 Å². The molecule has 2 aromatic rings. The average Bonchev–Trinajstić information content (AvgIpc) is 2.63. The van der Waals surface area contributed by atoms with E-state index in [0.717, 1.165) is 17.2 Å². The molecule has 0 unspecified atom stereocenters. The number of furan rings is 1. The molecule has 3 heteroatoms. The lowest BCUT2D eigenvalue weighted by Gasteiger charge is -1.96. The van der Waals surface area contributed by atoms with E-state index in [0.29, 0.717) is 5.69 Å². The molecule has 0 saturated heterocycles. The fourth-order valence-electron chi connectivity index (χ4n) is 1.26. The zero-order chi connectivity index (χ0) is 10.7. The van der Waals surface area contributed by atoms with Crippen molar-refractivity contribution in [1.82, 2.24) is 0 Å². The van der Waals surface area contributed by atoms with Crippen LogP contribution in [0.25, 0.3) is 0 Å². The molecule has 0 aliphatic rings. The van der Waals surface area contributed by atoms with Crippen LogP contribution in [-0.4, -0.2) is 6.21 Å². The van der Waals surface area contributed by atoms with E-state index in [9.17, 15) is 0 Å². The average molecular weight is 200 g/mol. The number of nitrogens with zero attached hydrogens (tertiary/aromatic N) is 1. The van der Waals surface area contributed by atoms with E-state index in [4.69, 9.17) is 10.2 Å². The minimum atomic E-state index is 0.664. The molecule has 0 aliphatic carbocycles. The molecule has 0 amide bonds. The summed E-state index contributed by atoms with van der Waals surface area (Å²) in [5, 5.41) is 0. The Bertz CT molecular complexity index is 486. The molecule has 2 N–H and O–H groups in total. The monoisotopic (exact) mass is 200 g/mol. The van der Waals surface area contributed by atoms with Crippen molar-refractivity contribution in [3.63, 3.8) is 0 Å². The van der Waals surface area contributed by atoms with Gasteiger partial charge in [0.15, 0.2) is 0 Å². The zero-order valence-corrected chi connectivity index (χ0v) is 8.47. The fraction of sp³-hybridized carbons (Fsp3) is 0.0833. The van der Waals surface area contributed by atoms with Crippen molar-refractivity contribution < 1.29 is 4.42 Å². The maximum atomic E-state index is 5.75. The van der Waals surface area contributed by atoms with Gasteiger partial charge in [0.05, 0.1) is 17.6 Å². The lowest BCUT2D eigenvalue weighted by molar-refractivity contribution is 0.528. The van der Waals surface area contributed by atoms with Gasteiger partial charge in [0.25, 0.3) is 0 Å². The van der Waals surface area contributed by atoms with Crippen molar-refractivity contribution in [3.05, 3.63) is 47.9 Å². The molecule has 76 valence electrons. The summed E-state index contributed by atoms with van der Waals surface area (Å²) >= 11 is 0. The van der Waals surface area contributed by atoms with Crippen LogP contribution >= 0.6 is 0 Å². The predicted molar refractivity (Wildman–Crippen MR) is 61.6 cm³/mol. The van der Waals surface area contributed by atoms with Crippen LogP contribution < -0.4 is 5.73 Å². The highest BCUT2D eigenvalue weighted by Gasteiger charge is 1.96. The zero-order valence-electron chi connectivity index (χ0n) is 8.47.